The Bertz CT molecular complexity index is 241. The van der Waals surface area contributed by atoms with E-state index in [0.717, 1.165) is 25.7 Å². The number of halogens is 1. The van der Waals surface area contributed by atoms with E-state index in [1.54, 1.807) is 0 Å². The van der Waals surface area contributed by atoms with E-state index in [1.165, 1.54) is 63.9 Å². The van der Waals surface area contributed by atoms with Crippen molar-refractivity contribution in [1.82, 2.24) is 0 Å². The number of esters is 1. The maximum Gasteiger partial charge on any atom is 0.330 e. The molecule has 0 radical (unpaired) electrons. The smallest absolute Gasteiger partial charge is 0.330 e. The third kappa shape index (κ3) is 17.1. The van der Waals surface area contributed by atoms with Gasteiger partial charge in [-0.25, -0.2) is 4.79 Å². The Morgan fingerprint density at radius 1 is 0.762 bits per heavy atom. The highest BCUT2D eigenvalue weighted by molar-refractivity contribution is 5.81. The largest absolute Gasteiger partial charge is 0.463 e. The molecule has 0 unspecified atom stereocenters. The molecule has 2 nitrogen and oxygen atoms in total. The van der Waals surface area contributed by atoms with Crippen LogP contribution in [0.5, 0.6) is 0 Å². The quantitative estimate of drug-likeness (QED) is 0.206. The van der Waals surface area contributed by atoms with E-state index in [1.807, 2.05) is 0 Å². The van der Waals surface area contributed by atoms with E-state index in [0.29, 0.717) is 6.61 Å². The van der Waals surface area contributed by atoms with E-state index in [9.17, 15) is 9.18 Å². The van der Waals surface area contributed by atoms with Crippen molar-refractivity contribution in [2.24, 2.45) is 0 Å². The molecule has 0 amide bonds. The normalized spacial score (nSPS) is 10.5. The first-order chi connectivity index (χ1) is 10.3. The van der Waals surface area contributed by atoms with Gasteiger partial charge in [0.25, 0.3) is 0 Å². The van der Waals surface area contributed by atoms with Crippen molar-refractivity contribution in [2.45, 2.75) is 83.5 Å². The van der Waals surface area contributed by atoms with Gasteiger partial charge in [-0.1, -0.05) is 77.2 Å². The molecule has 0 fully saturated rings. The lowest BCUT2D eigenvalue weighted by Crippen LogP contribution is -2.01. The number of carbonyl (C=O) groups is 1. The summed E-state index contributed by atoms with van der Waals surface area (Å²) in [5.41, 5.74) is 0. The minimum absolute atomic E-state index is 0.156. The van der Waals surface area contributed by atoms with Crippen molar-refractivity contribution in [3.8, 4) is 0 Å². The van der Waals surface area contributed by atoms with Gasteiger partial charge in [0.15, 0.2) is 0 Å². The van der Waals surface area contributed by atoms with E-state index in [-0.39, 0.29) is 12.6 Å². The average Bonchev–Trinajstić information content (AvgIpc) is 2.50. The van der Waals surface area contributed by atoms with Crippen LogP contribution >= 0.6 is 0 Å². The number of ether oxygens (including phenoxy) is 1. The molecule has 21 heavy (non-hydrogen) atoms. The summed E-state index contributed by atoms with van der Waals surface area (Å²) in [6, 6.07) is 0. The van der Waals surface area contributed by atoms with Gasteiger partial charge >= 0.3 is 5.97 Å². The van der Waals surface area contributed by atoms with Crippen LogP contribution in [0.3, 0.4) is 0 Å². The number of hydrogen-bond donors (Lipinski definition) is 0. The van der Waals surface area contributed by atoms with Crippen LogP contribution in [0.2, 0.25) is 0 Å². The molecule has 124 valence electrons. The highest BCUT2D eigenvalue weighted by Crippen LogP contribution is 2.12. The first-order valence-corrected chi connectivity index (χ1v) is 8.66. The van der Waals surface area contributed by atoms with Crippen LogP contribution < -0.4 is 0 Å². The molecule has 0 saturated heterocycles. The molecule has 0 aromatic heterocycles. The predicted molar refractivity (Wildman–Crippen MR) is 87.2 cm³/mol. The lowest BCUT2D eigenvalue weighted by atomic mass is 10.0. The van der Waals surface area contributed by atoms with Gasteiger partial charge in [0.05, 0.1) is 13.3 Å². The number of carbonyl (C=O) groups excluding carboxylic acids is 1. The minimum atomic E-state index is -0.320. The van der Waals surface area contributed by atoms with Crippen molar-refractivity contribution in [2.75, 3.05) is 13.3 Å². The van der Waals surface area contributed by atoms with E-state index in [2.05, 4.69) is 6.58 Å². The fraction of sp³-hybridized carbons (Fsp3) is 0.833. The van der Waals surface area contributed by atoms with Gasteiger partial charge in [0.1, 0.15) is 0 Å². The molecular weight excluding hydrogens is 267 g/mol. The van der Waals surface area contributed by atoms with Crippen molar-refractivity contribution in [3.05, 3.63) is 12.7 Å². The molecule has 0 heterocycles. The molecule has 0 aliphatic carbocycles. The highest BCUT2D eigenvalue weighted by Gasteiger charge is 1.96. The van der Waals surface area contributed by atoms with E-state index >= 15 is 0 Å². The second-order valence-corrected chi connectivity index (χ2v) is 5.66. The summed E-state index contributed by atoms with van der Waals surface area (Å²) < 4.78 is 16.8. The highest BCUT2D eigenvalue weighted by atomic mass is 19.1. The van der Waals surface area contributed by atoms with Crippen LogP contribution in [0, 0.1) is 0 Å². The van der Waals surface area contributed by atoms with Gasteiger partial charge in [0.2, 0.25) is 0 Å². The van der Waals surface area contributed by atoms with Crippen LogP contribution in [-0.4, -0.2) is 19.3 Å². The Labute approximate surface area is 130 Å². The van der Waals surface area contributed by atoms with Gasteiger partial charge in [-0.05, 0) is 12.8 Å². The molecule has 0 saturated carbocycles. The standard InChI is InChI=1S/C18H33FO2/c1-2-18(20)21-17-15-13-11-9-7-5-3-4-6-8-10-12-14-16-19/h2H,1,3-17H2. The first-order valence-electron chi connectivity index (χ1n) is 8.66. The summed E-state index contributed by atoms with van der Waals surface area (Å²) >= 11 is 0. The minimum Gasteiger partial charge on any atom is -0.463 e. The molecule has 0 aromatic rings. The van der Waals surface area contributed by atoms with Gasteiger partial charge in [-0.2, -0.15) is 0 Å². The molecule has 0 spiro atoms. The number of unbranched alkanes of at least 4 members (excludes halogenated alkanes) is 12. The summed E-state index contributed by atoms with van der Waals surface area (Å²) in [6.45, 7) is 3.72. The van der Waals surface area contributed by atoms with Gasteiger partial charge in [0, 0.05) is 6.08 Å². The Kier molecular flexibility index (Phi) is 16.5. The van der Waals surface area contributed by atoms with Crippen molar-refractivity contribution >= 4 is 5.97 Å². The SMILES string of the molecule is C=CC(=O)OCCCCCCCCCCCCCCCF. The zero-order chi connectivity index (χ0) is 15.6. The molecule has 0 aromatic carbocycles. The maximum absolute atomic E-state index is 11.9. The first kappa shape index (κ1) is 20.1. The topological polar surface area (TPSA) is 26.3 Å². The van der Waals surface area contributed by atoms with Crippen LogP contribution in [0.4, 0.5) is 4.39 Å². The van der Waals surface area contributed by atoms with E-state index in [4.69, 9.17) is 4.74 Å². The zero-order valence-corrected chi connectivity index (χ0v) is 13.6. The fourth-order valence-electron chi connectivity index (χ4n) is 2.37. The molecule has 0 atom stereocenters. The fourth-order valence-corrected chi connectivity index (χ4v) is 2.37. The number of alkyl halides is 1. The molecule has 0 rings (SSSR count). The Morgan fingerprint density at radius 2 is 1.14 bits per heavy atom. The maximum atomic E-state index is 11.9. The molecule has 0 aliphatic heterocycles. The van der Waals surface area contributed by atoms with Gasteiger partial charge < -0.3 is 4.74 Å². The molecule has 3 heteroatoms. The third-order valence-corrected chi connectivity index (χ3v) is 3.69. The summed E-state index contributed by atoms with van der Waals surface area (Å²) in [6.07, 6.45) is 16.7. The van der Waals surface area contributed by atoms with Crippen LogP contribution in [0.15, 0.2) is 12.7 Å². The van der Waals surface area contributed by atoms with Gasteiger partial charge in [-0.15, -0.1) is 0 Å². The summed E-state index contributed by atoms with van der Waals surface area (Å²) in [5, 5.41) is 0. The average molecular weight is 300 g/mol. The van der Waals surface area contributed by atoms with Gasteiger partial charge in [-0.3, -0.25) is 4.39 Å². The Morgan fingerprint density at radius 3 is 1.52 bits per heavy atom. The monoisotopic (exact) mass is 300 g/mol. The summed E-state index contributed by atoms with van der Waals surface area (Å²) in [4.78, 5) is 10.8. The molecular formula is C18H33FO2. The molecule has 0 N–H and O–H groups in total. The second-order valence-electron chi connectivity index (χ2n) is 5.66. The van der Waals surface area contributed by atoms with Crippen molar-refractivity contribution in [1.29, 1.82) is 0 Å². The lowest BCUT2D eigenvalue weighted by molar-refractivity contribution is -0.137. The third-order valence-electron chi connectivity index (χ3n) is 3.69. The van der Waals surface area contributed by atoms with Crippen molar-refractivity contribution < 1.29 is 13.9 Å². The zero-order valence-electron chi connectivity index (χ0n) is 13.6. The predicted octanol–water partition coefficient (Wildman–Crippen LogP) is 5.76. The van der Waals surface area contributed by atoms with Crippen molar-refractivity contribution in [3.63, 3.8) is 0 Å². The molecule has 0 bridgehead atoms. The number of hydrogen-bond acceptors (Lipinski definition) is 2. The van der Waals surface area contributed by atoms with Crippen LogP contribution in [0.1, 0.15) is 83.5 Å². The Hall–Kier alpha value is -0.860. The van der Waals surface area contributed by atoms with Crippen LogP contribution in [-0.2, 0) is 9.53 Å². The lowest BCUT2D eigenvalue weighted by Gasteiger charge is -2.03. The van der Waals surface area contributed by atoms with E-state index < -0.39 is 0 Å². The Balaban J connectivity index is 2.99. The summed E-state index contributed by atoms with van der Waals surface area (Å²) in [5.74, 6) is -0.320. The van der Waals surface area contributed by atoms with Crippen LogP contribution in [0.25, 0.3) is 0 Å². The summed E-state index contributed by atoms with van der Waals surface area (Å²) in [7, 11) is 0. The second kappa shape index (κ2) is 17.2. The number of rotatable bonds is 16. The molecule has 0 aliphatic rings.